The fraction of sp³-hybridized carbons (Fsp3) is 0.240. The maximum atomic E-state index is 13.3. The number of aliphatic carboxylic acids is 1. The van der Waals surface area contributed by atoms with Gasteiger partial charge in [0.05, 0.1) is 10.9 Å². The van der Waals surface area contributed by atoms with Crippen molar-refractivity contribution in [3.63, 3.8) is 0 Å². The number of H-pyrrole nitrogens is 1. The number of carbonyl (C=O) groups is 4. The van der Waals surface area contributed by atoms with Gasteiger partial charge in [0.25, 0.3) is 5.91 Å². The Hall–Kier alpha value is -3.90. The van der Waals surface area contributed by atoms with Crippen LogP contribution in [0.15, 0.2) is 58.4 Å². The van der Waals surface area contributed by atoms with Crippen molar-refractivity contribution < 1.29 is 29.0 Å². The summed E-state index contributed by atoms with van der Waals surface area (Å²) >= 11 is 1.99. The summed E-state index contributed by atoms with van der Waals surface area (Å²) in [6.07, 6.45) is 0. The van der Waals surface area contributed by atoms with Gasteiger partial charge in [-0.3, -0.25) is 28.9 Å². The number of thiazole rings is 1. The lowest BCUT2D eigenvalue weighted by Gasteiger charge is -2.30. The largest absolute Gasteiger partial charge is 0.483 e. The Kier molecular flexibility index (Phi) is 6.61. The summed E-state index contributed by atoms with van der Waals surface area (Å²) in [4.78, 5) is 66.2. The number of nitrogens with zero attached hydrogens (tertiary/aromatic N) is 1. The molecule has 3 atom stereocenters. The van der Waals surface area contributed by atoms with E-state index in [9.17, 15) is 29.1 Å². The molecule has 0 aliphatic carbocycles. The number of carboxylic acid groups (broad SMARTS) is 1. The number of para-hydroxylation sites is 1. The molecule has 3 amide bonds. The van der Waals surface area contributed by atoms with Crippen molar-refractivity contribution in [1.29, 1.82) is 0 Å². The predicted molar refractivity (Wildman–Crippen MR) is 136 cm³/mol. The Balaban J connectivity index is 1.46. The summed E-state index contributed by atoms with van der Waals surface area (Å²) in [5.41, 5.74) is 2.14. The van der Waals surface area contributed by atoms with E-state index in [-0.39, 0.29) is 17.4 Å². The average Bonchev–Trinajstić information content (AvgIpc) is 3.33. The smallest absolute Gasteiger partial charge is 0.323 e. The fourth-order valence-electron chi connectivity index (χ4n) is 4.63. The third kappa shape index (κ3) is 4.77. The van der Waals surface area contributed by atoms with E-state index in [0.29, 0.717) is 26.9 Å². The number of aromatic nitrogens is 1. The highest BCUT2D eigenvalue weighted by atomic mass is 32.2. The van der Waals surface area contributed by atoms with Gasteiger partial charge in [0.1, 0.15) is 17.5 Å². The summed E-state index contributed by atoms with van der Waals surface area (Å²) in [5.74, 6) is -4.26. The number of fused-ring (bicyclic) bond motifs is 2. The molecular formula is C25H21N3O7S2. The van der Waals surface area contributed by atoms with Crippen LogP contribution in [0.4, 0.5) is 5.69 Å². The molecule has 1 fully saturated rings. The van der Waals surface area contributed by atoms with E-state index in [2.05, 4.69) is 10.3 Å². The zero-order chi connectivity index (χ0) is 26.3. The first-order valence-corrected chi connectivity index (χ1v) is 13.0. The lowest BCUT2D eigenvalue weighted by atomic mass is 9.82. The highest BCUT2D eigenvalue weighted by Crippen LogP contribution is 2.53. The highest BCUT2D eigenvalue weighted by molar-refractivity contribution is 8.00. The summed E-state index contributed by atoms with van der Waals surface area (Å²) in [7, 11) is 0. The third-order valence-electron chi connectivity index (χ3n) is 6.12. The molecule has 12 heteroatoms. The lowest BCUT2D eigenvalue weighted by Crippen LogP contribution is -2.36. The van der Waals surface area contributed by atoms with Crippen molar-refractivity contribution in [2.75, 3.05) is 18.5 Å². The molecule has 2 aliphatic rings. The van der Waals surface area contributed by atoms with Crippen LogP contribution >= 0.6 is 23.1 Å². The lowest BCUT2D eigenvalue weighted by molar-refractivity contribution is -0.149. The van der Waals surface area contributed by atoms with Gasteiger partial charge in [0, 0.05) is 22.0 Å². The Labute approximate surface area is 218 Å². The summed E-state index contributed by atoms with van der Waals surface area (Å²) in [6.45, 7) is 0.864. The van der Waals surface area contributed by atoms with Crippen molar-refractivity contribution in [2.45, 2.75) is 23.1 Å². The van der Waals surface area contributed by atoms with E-state index < -0.39 is 41.4 Å². The molecule has 2 unspecified atom stereocenters. The standard InChI is InChI=1S/C25H21N3O7S2/c1-12-5-4-6-13(9-12)26-16(29)11-35-15-8-3-2-7-14(15)18-19-21(36-22-20(18)37-25(34)27-22)24(33)28(23(19)32)10-17(30)31/h2-9,18-19,21H,10-11H2,1H3,(H,26,29)(H,27,34)(H,30,31)/t18-,19?,21?/m0/s1. The van der Waals surface area contributed by atoms with Gasteiger partial charge in [-0.2, -0.15) is 0 Å². The quantitative estimate of drug-likeness (QED) is 0.388. The number of rotatable bonds is 7. The zero-order valence-corrected chi connectivity index (χ0v) is 21.1. The number of thioether (sulfide) groups is 1. The minimum atomic E-state index is -1.30. The van der Waals surface area contributed by atoms with Crippen LogP contribution in [-0.2, 0) is 19.2 Å². The molecule has 3 aromatic rings. The number of anilines is 1. The predicted octanol–water partition coefficient (Wildman–Crippen LogP) is 2.44. The summed E-state index contributed by atoms with van der Waals surface area (Å²) in [5, 5.41) is 11.6. The normalized spacial score (nSPS) is 20.4. The molecule has 1 saturated heterocycles. The number of aryl methyl sites for hydroxylation is 1. The van der Waals surface area contributed by atoms with Crippen molar-refractivity contribution in [2.24, 2.45) is 5.92 Å². The van der Waals surface area contributed by atoms with Crippen LogP contribution in [0.2, 0.25) is 0 Å². The molecule has 2 aromatic carbocycles. The summed E-state index contributed by atoms with van der Waals surface area (Å²) in [6, 6.07) is 14.1. The number of ether oxygens (including phenoxy) is 1. The van der Waals surface area contributed by atoms with E-state index in [1.54, 1.807) is 30.3 Å². The maximum absolute atomic E-state index is 13.3. The fourth-order valence-corrected chi connectivity index (χ4v) is 7.16. The molecule has 2 aliphatic heterocycles. The molecule has 0 saturated carbocycles. The highest BCUT2D eigenvalue weighted by Gasteiger charge is 2.56. The number of aromatic amines is 1. The monoisotopic (exact) mass is 539 g/mol. The number of imide groups is 1. The first kappa shape index (κ1) is 24.8. The number of carbonyl (C=O) groups excluding carboxylic acids is 3. The van der Waals surface area contributed by atoms with Crippen LogP contribution in [0, 0.1) is 12.8 Å². The molecule has 3 heterocycles. The van der Waals surface area contributed by atoms with Crippen molar-refractivity contribution in [3.05, 3.63) is 74.2 Å². The van der Waals surface area contributed by atoms with E-state index >= 15 is 0 Å². The molecule has 190 valence electrons. The molecule has 1 aromatic heterocycles. The van der Waals surface area contributed by atoms with Crippen LogP contribution in [0.3, 0.4) is 0 Å². The van der Waals surface area contributed by atoms with Crippen molar-refractivity contribution in [1.82, 2.24) is 9.88 Å². The number of nitrogens with one attached hydrogen (secondary N) is 2. The molecule has 10 nitrogen and oxygen atoms in total. The molecule has 0 radical (unpaired) electrons. The van der Waals surface area contributed by atoms with Crippen LogP contribution in [0.1, 0.15) is 21.9 Å². The van der Waals surface area contributed by atoms with Gasteiger partial charge in [-0.15, -0.1) is 0 Å². The second-order valence-corrected chi connectivity index (χ2v) is 10.8. The Morgan fingerprint density at radius 1 is 1.11 bits per heavy atom. The van der Waals surface area contributed by atoms with Crippen LogP contribution in [0.5, 0.6) is 5.75 Å². The Morgan fingerprint density at radius 3 is 2.65 bits per heavy atom. The third-order valence-corrected chi connectivity index (χ3v) is 8.52. The molecule has 5 rings (SSSR count). The van der Waals surface area contributed by atoms with Gasteiger partial charge in [-0.05, 0) is 30.7 Å². The topological polar surface area (TPSA) is 146 Å². The van der Waals surface area contributed by atoms with Crippen LogP contribution < -0.4 is 14.9 Å². The van der Waals surface area contributed by atoms with Crippen LogP contribution in [-0.4, -0.2) is 57.1 Å². The average molecular weight is 540 g/mol. The maximum Gasteiger partial charge on any atom is 0.323 e. The SMILES string of the molecule is Cc1cccc(NC(=O)COc2ccccc2[C@@H]2c3sc(=O)[nH]c3SC3C(=O)N(CC(=O)O)C(=O)C32)c1. The number of hydrogen-bond acceptors (Lipinski definition) is 8. The Bertz CT molecular complexity index is 1480. The van der Waals surface area contributed by atoms with E-state index in [1.165, 1.54) is 0 Å². The minimum Gasteiger partial charge on any atom is -0.483 e. The second-order valence-electron chi connectivity index (χ2n) is 8.65. The van der Waals surface area contributed by atoms with E-state index in [4.69, 9.17) is 4.74 Å². The number of carboxylic acids is 1. The first-order valence-electron chi connectivity index (χ1n) is 11.3. The molecule has 0 spiro atoms. The minimum absolute atomic E-state index is 0.311. The number of amides is 3. The first-order chi connectivity index (χ1) is 17.7. The van der Waals surface area contributed by atoms with Crippen molar-refractivity contribution >= 4 is 52.5 Å². The van der Waals surface area contributed by atoms with E-state index in [1.807, 2.05) is 25.1 Å². The van der Waals surface area contributed by atoms with Crippen LogP contribution in [0.25, 0.3) is 0 Å². The van der Waals surface area contributed by atoms with Gasteiger partial charge in [0.15, 0.2) is 6.61 Å². The van der Waals surface area contributed by atoms with Gasteiger partial charge in [-0.25, -0.2) is 0 Å². The molecule has 0 bridgehead atoms. The number of benzene rings is 2. The molecular weight excluding hydrogens is 518 g/mol. The Morgan fingerprint density at radius 2 is 1.89 bits per heavy atom. The molecule has 3 N–H and O–H groups in total. The number of hydrogen-bond donors (Lipinski definition) is 3. The summed E-state index contributed by atoms with van der Waals surface area (Å²) < 4.78 is 5.87. The molecule has 37 heavy (non-hydrogen) atoms. The van der Waals surface area contributed by atoms with E-state index in [0.717, 1.165) is 33.6 Å². The van der Waals surface area contributed by atoms with Gasteiger partial charge in [0.2, 0.25) is 11.8 Å². The number of likely N-dealkylation sites (tertiary alicyclic amines) is 1. The van der Waals surface area contributed by atoms with Gasteiger partial charge < -0.3 is 20.1 Å². The van der Waals surface area contributed by atoms with Gasteiger partial charge in [-0.1, -0.05) is 53.4 Å². The van der Waals surface area contributed by atoms with Gasteiger partial charge >= 0.3 is 10.8 Å². The second kappa shape index (κ2) is 9.87. The zero-order valence-electron chi connectivity index (χ0n) is 19.4. The van der Waals surface area contributed by atoms with Crippen molar-refractivity contribution in [3.8, 4) is 5.75 Å².